The Hall–Kier alpha value is -1.59. The van der Waals surface area contributed by atoms with Crippen molar-refractivity contribution in [1.82, 2.24) is 20.1 Å². The van der Waals surface area contributed by atoms with E-state index in [1.807, 2.05) is 4.90 Å². The number of aromatic nitrogens is 3. The fourth-order valence-electron chi connectivity index (χ4n) is 3.41. The first-order chi connectivity index (χ1) is 10.3. The molecule has 1 saturated carbocycles. The van der Waals surface area contributed by atoms with Gasteiger partial charge in [0.2, 0.25) is 0 Å². The molecule has 0 radical (unpaired) electrons. The summed E-state index contributed by atoms with van der Waals surface area (Å²) in [6.07, 6.45) is 9.68. The van der Waals surface area contributed by atoms with Crippen LogP contribution in [0.1, 0.15) is 56.7 Å². The van der Waals surface area contributed by atoms with Gasteiger partial charge in [0.15, 0.2) is 0 Å². The minimum absolute atomic E-state index is 0.162. The Labute approximate surface area is 125 Å². The van der Waals surface area contributed by atoms with Crippen molar-refractivity contribution in [2.75, 3.05) is 19.7 Å². The maximum atomic E-state index is 12.2. The third-order valence-electron chi connectivity index (χ3n) is 4.67. The number of hydrogen-bond acceptors (Lipinski definition) is 4. The Bertz CT molecular complexity index is 443. The van der Waals surface area contributed by atoms with E-state index in [0.717, 1.165) is 25.2 Å². The summed E-state index contributed by atoms with van der Waals surface area (Å²) in [4.78, 5) is 18.2. The molecule has 1 aromatic heterocycles. The SMILES string of the molecule is O=C(OCC1CCCCC1)N1CCCC(c2ncn[nH]2)C1. The number of aromatic amines is 1. The van der Waals surface area contributed by atoms with E-state index in [1.165, 1.54) is 38.4 Å². The van der Waals surface area contributed by atoms with Crippen LogP contribution in [0.4, 0.5) is 4.79 Å². The van der Waals surface area contributed by atoms with E-state index in [9.17, 15) is 4.79 Å². The lowest BCUT2D eigenvalue weighted by molar-refractivity contribution is 0.0716. The van der Waals surface area contributed by atoms with Gasteiger partial charge in [0, 0.05) is 19.0 Å². The molecular weight excluding hydrogens is 268 g/mol. The normalized spacial score (nSPS) is 24.0. The maximum Gasteiger partial charge on any atom is 0.409 e. The molecule has 21 heavy (non-hydrogen) atoms. The Morgan fingerprint density at radius 2 is 2.14 bits per heavy atom. The largest absolute Gasteiger partial charge is 0.449 e. The van der Waals surface area contributed by atoms with Gasteiger partial charge in [0.1, 0.15) is 12.2 Å². The summed E-state index contributed by atoms with van der Waals surface area (Å²) in [5.74, 6) is 1.70. The Morgan fingerprint density at radius 3 is 2.90 bits per heavy atom. The molecule has 0 aromatic carbocycles. The van der Waals surface area contributed by atoms with Crippen LogP contribution >= 0.6 is 0 Å². The lowest BCUT2D eigenvalue weighted by Gasteiger charge is -2.31. The van der Waals surface area contributed by atoms with Gasteiger partial charge in [-0.25, -0.2) is 9.78 Å². The van der Waals surface area contributed by atoms with Gasteiger partial charge in [-0.05, 0) is 31.6 Å². The summed E-state index contributed by atoms with van der Waals surface area (Å²) >= 11 is 0. The number of likely N-dealkylation sites (tertiary alicyclic amines) is 1. The number of H-pyrrole nitrogens is 1. The van der Waals surface area contributed by atoms with E-state index in [0.29, 0.717) is 19.1 Å². The smallest absolute Gasteiger partial charge is 0.409 e. The highest BCUT2D eigenvalue weighted by Crippen LogP contribution is 2.26. The molecule has 6 nitrogen and oxygen atoms in total. The first-order valence-corrected chi connectivity index (χ1v) is 8.10. The maximum absolute atomic E-state index is 12.2. The van der Waals surface area contributed by atoms with Gasteiger partial charge in [-0.2, -0.15) is 5.10 Å². The number of ether oxygens (including phenoxy) is 1. The second kappa shape index (κ2) is 6.91. The summed E-state index contributed by atoms with van der Waals surface area (Å²) < 4.78 is 5.53. The van der Waals surface area contributed by atoms with E-state index < -0.39 is 0 Å². The molecule has 1 amide bonds. The van der Waals surface area contributed by atoms with E-state index in [2.05, 4.69) is 15.2 Å². The molecule has 1 unspecified atom stereocenters. The molecule has 1 N–H and O–H groups in total. The summed E-state index contributed by atoms with van der Waals surface area (Å²) in [7, 11) is 0. The highest BCUT2D eigenvalue weighted by Gasteiger charge is 2.27. The van der Waals surface area contributed by atoms with Crippen LogP contribution in [0.5, 0.6) is 0 Å². The monoisotopic (exact) mass is 292 g/mol. The topological polar surface area (TPSA) is 71.1 Å². The van der Waals surface area contributed by atoms with Crippen LogP contribution in [-0.4, -0.2) is 45.9 Å². The Morgan fingerprint density at radius 1 is 1.29 bits per heavy atom. The van der Waals surface area contributed by atoms with Crippen LogP contribution in [-0.2, 0) is 4.74 Å². The third-order valence-corrected chi connectivity index (χ3v) is 4.67. The summed E-state index contributed by atoms with van der Waals surface area (Å²) in [5.41, 5.74) is 0. The van der Waals surface area contributed by atoms with Gasteiger partial charge >= 0.3 is 6.09 Å². The Kier molecular flexibility index (Phi) is 4.72. The predicted molar refractivity (Wildman–Crippen MR) is 77.9 cm³/mol. The number of rotatable bonds is 3. The summed E-state index contributed by atoms with van der Waals surface area (Å²) in [6, 6.07) is 0. The number of piperidine rings is 1. The van der Waals surface area contributed by atoms with Crippen LogP contribution in [0.2, 0.25) is 0 Å². The molecule has 0 bridgehead atoms. The van der Waals surface area contributed by atoms with Crippen molar-refractivity contribution in [3.05, 3.63) is 12.2 Å². The molecule has 2 heterocycles. The lowest BCUT2D eigenvalue weighted by Crippen LogP contribution is -2.40. The van der Waals surface area contributed by atoms with E-state index in [1.54, 1.807) is 0 Å². The van der Waals surface area contributed by atoms with Gasteiger partial charge < -0.3 is 9.64 Å². The number of carbonyl (C=O) groups excluding carboxylic acids is 1. The highest BCUT2D eigenvalue weighted by atomic mass is 16.6. The van der Waals surface area contributed by atoms with Crippen molar-refractivity contribution in [3.63, 3.8) is 0 Å². The number of carbonyl (C=O) groups is 1. The molecule has 2 fully saturated rings. The molecule has 3 rings (SSSR count). The second-order valence-electron chi connectivity index (χ2n) is 6.24. The predicted octanol–water partition coefficient (Wildman–Crippen LogP) is 2.70. The standard InChI is InChI=1S/C15H24N4O2/c20-15(21-10-12-5-2-1-3-6-12)19-8-4-7-13(9-19)14-16-11-17-18-14/h11-13H,1-10H2,(H,16,17,18). The number of nitrogens with zero attached hydrogens (tertiary/aromatic N) is 3. The van der Waals surface area contributed by atoms with E-state index >= 15 is 0 Å². The quantitative estimate of drug-likeness (QED) is 0.929. The van der Waals surface area contributed by atoms with E-state index in [-0.39, 0.29) is 12.0 Å². The van der Waals surface area contributed by atoms with Crippen molar-refractivity contribution in [2.24, 2.45) is 5.92 Å². The average molecular weight is 292 g/mol. The molecule has 1 aliphatic carbocycles. The number of amides is 1. The fourth-order valence-corrected chi connectivity index (χ4v) is 3.41. The van der Waals surface area contributed by atoms with Crippen LogP contribution < -0.4 is 0 Å². The average Bonchev–Trinajstić information content (AvgIpc) is 3.08. The molecule has 6 heteroatoms. The highest BCUT2D eigenvalue weighted by molar-refractivity contribution is 5.67. The van der Waals surface area contributed by atoms with Crippen molar-refractivity contribution >= 4 is 6.09 Å². The number of hydrogen-bond donors (Lipinski definition) is 1. The van der Waals surface area contributed by atoms with Gasteiger partial charge in [-0.3, -0.25) is 5.10 Å². The van der Waals surface area contributed by atoms with Gasteiger partial charge in [-0.1, -0.05) is 19.3 Å². The zero-order valence-corrected chi connectivity index (χ0v) is 12.5. The minimum atomic E-state index is -0.162. The summed E-state index contributed by atoms with van der Waals surface area (Å²) in [5, 5.41) is 6.80. The van der Waals surface area contributed by atoms with Crippen molar-refractivity contribution < 1.29 is 9.53 Å². The second-order valence-corrected chi connectivity index (χ2v) is 6.24. The van der Waals surface area contributed by atoms with Crippen LogP contribution in [0.15, 0.2) is 6.33 Å². The summed E-state index contributed by atoms with van der Waals surface area (Å²) in [6.45, 7) is 2.05. The van der Waals surface area contributed by atoms with Gasteiger partial charge in [-0.15, -0.1) is 0 Å². The molecule has 2 aliphatic rings. The van der Waals surface area contributed by atoms with Gasteiger partial charge in [0.05, 0.1) is 6.61 Å². The van der Waals surface area contributed by atoms with Crippen molar-refractivity contribution in [3.8, 4) is 0 Å². The van der Waals surface area contributed by atoms with Crippen molar-refractivity contribution in [1.29, 1.82) is 0 Å². The van der Waals surface area contributed by atoms with Crippen LogP contribution in [0.3, 0.4) is 0 Å². The fraction of sp³-hybridized carbons (Fsp3) is 0.800. The molecule has 116 valence electrons. The molecular formula is C15H24N4O2. The molecule has 1 atom stereocenters. The lowest BCUT2D eigenvalue weighted by atomic mass is 9.90. The first-order valence-electron chi connectivity index (χ1n) is 8.10. The van der Waals surface area contributed by atoms with Crippen LogP contribution in [0, 0.1) is 5.92 Å². The molecule has 0 spiro atoms. The van der Waals surface area contributed by atoms with E-state index in [4.69, 9.17) is 4.74 Å². The minimum Gasteiger partial charge on any atom is -0.449 e. The van der Waals surface area contributed by atoms with Crippen molar-refractivity contribution in [2.45, 2.75) is 50.9 Å². The third kappa shape index (κ3) is 3.74. The van der Waals surface area contributed by atoms with Gasteiger partial charge in [0.25, 0.3) is 0 Å². The molecule has 1 aliphatic heterocycles. The Balaban J connectivity index is 1.47. The molecule has 1 aromatic rings. The van der Waals surface area contributed by atoms with Crippen LogP contribution in [0.25, 0.3) is 0 Å². The zero-order chi connectivity index (χ0) is 14.5. The zero-order valence-electron chi connectivity index (χ0n) is 12.5. The molecule has 1 saturated heterocycles. The number of nitrogens with one attached hydrogen (secondary N) is 1. The first kappa shape index (κ1) is 14.4.